The molecule has 12 rings (SSSR count). The van der Waals surface area contributed by atoms with Gasteiger partial charge in [-0.25, -0.2) is 15.0 Å². The van der Waals surface area contributed by atoms with E-state index in [1.807, 2.05) is 36.4 Å². The van der Waals surface area contributed by atoms with Gasteiger partial charge < -0.3 is 4.42 Å². The molecule has 1 spiro atoms. The van der Waals surface area contributed by atoms with Crippen LogP contribution in [-0.4, -0.2) is 15.0 Å². The lowest BCUT2D eigenvalue weighted by Crippen LogP contribution is -2.27. The van der Waals surface area contributed by atoms with Gasteiger partial charge >= 0.3 is 0 Å². The molecule has 0 aliphatic heterocycles. The molecular formula is C57H41N3O. The van der Waals surface area contributed by atoms with E-state index in [4.69, 9.17) is 19.4 Å². The van der Waals surface area contributed by atoms with Gasteiger partial charge in [-0.05, 0) is 98.8 Å². The van der Waals surface area contributed by atoms with E-state index in [1.54, 1.807) is 0 Å². The van der Waals surface area contributed by atoms with Crippen molar-refractivity contribution in [2.45, 2.75) is 37.5 Å². The van der Waals surface area contributed by atoms with Crippen molar-refractivity contribution in [3.05, 3.63) is 199 Å². The number of hydrogen-bond donors (Lipinski definition) is 0. The fraction of sp³-hybridized carbons (Fsp3) is 0.105. The third-order valence-corrected chi connectivity index (χ3v) is 13.2. The van der Waals surface area contributed by atoms with Crippen LogP contribution in [0.3, 0.4) is 0 Å². The smallest absolute Gasteiger partial charge is 0.164 e. The van der Waals surface area contributed by atoms with E-state index in [1.165, 1.54) is 76.6 Å². The van der Waals surface area contributed by atoms with Crippen molar-refractivity contribution in [2.75, 3.05) is 0 Å². The second-order valence-electron chi connectivity index (χ2n) is 16.7. The first-order valence-corrected chi connectivity index (χ1v) is 21.5. The third-order valence-electron chi connectivity index (χ3n) is 13.2. The molecule has 61 heavy (non-hydrogen) atoms. The molecule has 2 heterocycles. The minimum absolute atomic E-state index is 0.182. The van der Waals surface area contributed by atoms with Gasteiger partial charge in [-0.15, -0.1) is 0 Å². The summed E-state index contributed by atoms with van der Waals surface area (Å²) in [5.41, 5.74) is 17.7. The third kappa shape index (κ3) is 6.09. The summed E-state index contributed by atoms with van der Waals surface area (Å²) in [5, 5.41) is 2.10. The molecule has 0 unspecified atom stereocenters. The van der Waals surface area contributed by atoms with Gasteiger partial charge in [0.2, 0.25) is 0 Å². The number of para-hydroxylation sites is 1. The summed E-state index contributed by atoms with van der Waals surface area (Å²) in [4.78, 5) is 15.2. The highest BCUT2D eigenvalue weighted by Crippen LogP contribution is 2.56. The molecule has 0 N–H and O–H groups in total. The Kier molecular flexibility index (Phi) is 8.38. The van der Waals surface area contributed by atoms with E-state index < -0.39 is 0 Å². The normalized spacial score (nSPS) is 14.0. The zero-order valence-corrected chi connectivity index (χ0v) is 33.7. The lowest BCUT2D eigenvalue weighted by atomic mass is 9.68. The quantitative estimate of drug-likeness (QED) is 0.169. The van der Waals surface area contributed by atoms with Gasteiger partial charge in [-0.3, -0.25) is 0 Å². The molecule has 1 fully saturated rings. The number of aromatic nitrogens is 3. The molecular weight excluding hydrogens is 743 g/mol. The first-order valence-electron chi connectivity index (χ1n) is 21.5. The SMILES string of the molecule is c1ccc(-c2ccc(-c3nc(-c4ccc(-c5ccc(-c6ccc7c(c6)-c6ccccc6C76CCCCC6)cc5)cc4)nc(-c4ccc5oc6ccccc6c5c4)n3)cc2)cc1. The number of hydrogen-bond acceptors (Lipinski definition) is 4. The number of furan rings is 1. The van der Waals surface area contributed by atoms with Crippen molar-refractivity contribution in [3.8, 4) is 78.7 Å². The van der Waals surface area contributed by atoms with Crippen LogP contribution >= 0.6 is 0 Å². The van der Waals surface area contributed by atoms with Crippen LogP contribution in [0.4, 0.5) is 0 Å². The van der Waals surface area contributed by atoms with Gasteiger partial charge in [0.15, 0.2) is 17.5 Å². The van der Waals surface area contributed by atoms with Crippen LogP contribution in [0.2, 0.25) is 0 Å². The highest BCUT2D eigenvalue weighted by atomic mass is 16.3. The topological polar surface area (TPSA) is 51.8 Å². The Hall–Kier alpha value is -7.43. The second kappa shape index (κ2) is 14.4. The van der Waals surface area contributed by atoms with Gasteiger partial charge in [0.1, 0.15) is 11.2 Å². The molecule has 2 aromatic heterocycles. The molecule has 2 aliphatic carbocycles. The van der Waals surface area contributed by atoms with Crippen LogP contribution in [0, 0.1) is 0 Å². The molecule has 4 heteroatoms. The van der Waals surface area contributed by atoms with Crippen LogP contribution in [-0.2, 0) is 5.41 Å². The molecule has 10 aromatic rings. The van der Waals surface area contributed by atoms with E-state index in [-0.39, 0.29) is 5.41 Å². The largest absolute Gasteiger partial charge is 0.456 e. The summed E-state index contributed by atoms with van der Waals surface area (Å²) < 4.78 is 6.15. The zero-order valence-electron chi connectivity index (χ0n) is 33.7. The van der Waals surface area contributed by atoms with Crippen LogP contribution < -0.4 is 0 Å². The summed E-state index contributed by atoms with van der Waals surface area (Å²) in [7, 11) is 0. The predicted octanol–water partition coefficient (Wildman–Crippen LogP) is 15.0. The summed E-state index contributed by atoms with van der Waals surface area (Å²) in [6.45, 7) is 0. The van der Waals surface area contributed by atoms with Gasteiger partial charge in [0.25, 0.3) is 0 Å². The first-order chi connectivity index (χ1) is 30.2. The van der Waals surface area contributed by atoms with Crippen molar-refractivity contribution in [1.29, 1.82) is 0 Å². The average Bonchev–Trinajstić information content (AvgIpc) is 3.84. The lowest BCUT2D eigenvalue weighted by molar-refractivity contribution is 0.353. The Morgan fingerprint density at radius 3 is 1.48 bits per heavy atom. The van der Waals surface area contributed by atoms with E-state index in [2.05, 4.69) is 152 Å². The Morgan fingerprint density at radius 2 is 0.803 bits per heavy atom. The number of nitrogens with zero attached hydrogens (tertiary/aromatic N) is 3. The summed E-state index contributed by atoms with van der Waals surface area (Å²) in [6, 6.07) is 67.1. The predicted molar refractivity (Wildman–Crippen MR) is 249 cm³/mol. The van der Waals surface area contributed by atoms with Crippen molar-refractivity contribution in [3.63, 3.8) is 0 Å². The molecule has 0 atom stereocenters. The second-order valence-corrected chi connectivity index (χ2v) is 16.7. The fourth-order valence-corrected chi connectivity index (χ4v) is 10.1. The number of benzene rings is 8. The van der Waals surface area contributed by atoms with Crippen LogP contribution in [0.5, 0.6) is 0 Å². The van der Waals surface area contributed by atoms with Crippen LogP contribution in [0.1, 0.15) is 43.2 Å². The maximum absolute atomic E-state index is 6.15. The van der Waals surface area contributed by atoms with Gasteiger partial charge in [0, 0.05) is 32.9 Å². The zero-order chi connectivity index (χ0) is 40.3. The number of fused-ring (bicyclic) bond motifs is 8. The summed E-state index contributed by atoms with van der Waals surface area (Å²) in [5.74, 6) is 1.86. The highest BCUT2D eigenvalue weighted by molar-refractivity contribution is 6.06. The minimum atomic E-state index is 0.182. The first kappa shape index (κ1) is 35.5. The Morgan fingerprint density at radius 1 is 0.328 bits per heavy atom. The van der Waals surface area contributed by atoms with E-state index >= 15 is 0 Å². The Bertz CT molecular complexity index is 3250. The molecule has 1 saturated carbocycles. The molecule has 8 aromatic carbocycles. The maximum Gasteiger partial charge on any atom is 0.164 e. The monoisotopic (exact) mass is 783 g/mol. The van der Waals surface area contributed by atoms with Gasteiger partial charge in [-0.1, -0.05) is 177 Å². The van der Waals surface area contributed by atoms with Crippen molar-refractivity contribution < 1.29 is 4.42 Å². The van der Waals surface area contributed by atoms with Crippen molar-refractivity contribution >= 4 is 21.9 Å². The average molecular weight is 784 g/mol. The van der Waals surface area contributed by atoms with Gasteiger partial charge in [-0.2, -0.15) is 0 Å². The van der Waals surface area contributed by atoms with Crippen LogP contribution in [0.15, 0.2) is 192 Å². The molecule has 0 saturated heterocycles. The molecule has 0 amide bonds. The molecule has 0 radical (unpaired) electrons. The molecule has 290 valence electrons. The number of rotatable bonds is 6. The van der Waals surface area contributed by atoms with E-state index in [0.717, 1.165) is 49.8 Å². The van der Waals surface area contributed by atoms with E-state index in [0.29, 0.717) is 17.5 Å². The maximum atomic E-state index is 6.15. The lowest BCUT2D eigenvalue weighted by Gasteiger charge is -2.36. The van der Waals surface area contributed by atoms with Gasteiger partial charge in [0.05, 0.1) is 0 Å². The summed E-state index contributed by atoms with van der Waals surface area (Å²) >= 11 is 0. The van der Waals surface area contributed by atoms with Crippen LogP contribution in [0.25, 0.3) is 101 Å². The Labute approximate surface area is 355 Å². The Balaban J connectivity index is 0.873. The molecule has 4 nitrogen and oxygen atoms in total. The molecule has 0 bridgehead atoms. The fourth-order valence-electron chi connectivity index (χ4n) is 10.1. The van der Waals surface area contributed by atoms with E-state index in [9.17, 15) is 0 Å². The standard InChI is InChI=1S/C57H41N3O/c1-3-11-37(12-4-1)38-21-25-42(26-22-38)54-58-55(60-56(59-54)45-30-32-53-49(36-45)47-14-6-8-16-52(47)61-53)43-27-23-40(24-28-43)39-17-19-41(20-18-39)44-29-31-51-48(35-44)46-13-5-7-15-50(46)57(51)33-9-2-10-34-57/h1,3-8,11-32,35-36H,2,9-10,33-34H2. The molecule has 2 aliphatic rings. The summed E-state index contributed by atoms with van der Waals surface area (Å²) in [6.07, 6.45) is 6.46. The van der Waals surface area contributed by atoms with Crippen molar-refractivity contribution in [2.24, 2.45) is 0 Å². The minimum Gasteiger partial charge on any atom is -0.456 e. The van der Waals surface area contributed by atoms with Crippen molar-refractivity contribution in [1.82, 2.24) is 15.0 Å². The highest BCUT2D eigenvalue weighted by Gasteiger charge is 2.43.